The van der Waals surface area contributed by atoms with Gasteiger partial charge in [0, 0.05) is 60.3 Å². The molecule has 3 aromatic rings. The first-order valence-corrected chi connectivity index (χ1v) is 11.8. The number of aliphatic hydroxyl groups excluding tert-OH is 1. The fraction of sp³-hybridized carbons (Fsp3) is 0.458. The van der Waals surface area contributed by atoms with Crippen molar-refractivity contribution in [3.8, 4) is 0 Å². The van der Waals surface area contributed by atoms with E-state index in [0.717, 1.165) is 86.3 Å². The van der Waals surface area contributed by atoms with Gasteiger partial charge in [-0.05, 0) is 56.9 Å². The Labute approximate surface area is 195 Å². The SMILES string of the molecule is Cc1cc(NCCCCNc2ccnc3cc(Cl)ccc23)nc(NCCCCCCO)n1. The van der Waals surface area contributed by atoms with Gasteiger partial charge in [0.2, 0.25) is 5.95 Å². The molecule has 0 atom stereocenters. The lowest BCUT2D eigenvalue weighted by Gasteiger charge is -2.11. The van der Waals surface area contributed by atoms with Gasteiger partial charge in [0.05, 0.1) is 5.52 Å². The Hall–Kier alpha value is -2.64. The van der Waals surface area contributed by atoms with E-state index in [1.54, 1.807) is 6.20 Å². The molecule has 32 heavy (non-hydrogen) atoms. The number of halogens is 1. The molecule has 0 unspecified atom stereocenters. The molecule has 4 N–H and O–H groups in total. The molecular formula is C24H33ClN6O. The second-order valence-electron chi connectivity index (χ2n) is 7.86. The number of aryl methyl sites for hydroxylation is 1. The quantitative estimate of drug-likeness (QED) is 0.246. The molecule has 7 nitrogen and oxygen atoms in total. The summed E-state index contributed by atoms with van der Waals surface area (Å²) >= 11 is 6.06. The number of nitrogens with one attached hydrogen (secondary N) is 3. The van der Waals surface area contributed by atoms with Crippen molar-refractivity contribution in [3.05, 3.63) is 47.2 Å². The number of rotatable bonds is 14. The van der Waals surface area contributed by atoms with Crippen LogP contribution in [0.5, 0.6) is 0 Å². The van der Waals surface area contributed by atoms with Gasteiger partial charge >= 0.3 is 0 Å². The van der Waals surface area contributed by atoms with Crippen LogP contribution in [0.3, 0.4) is 0 Å². The Morgan fingerprint density at radius 2 is 1.59 bits per heavy atom. The van der Waals surface area contributed by atoms with Crippen molar-refractivity contribution in [1.82, 2.24) is 15.0 Å². The topological polar surface area (TPSA) is 95.0 Å². The molecule has 2 aromatic heterocycles. The highest BCUT2D eigenvalue weighted by molar-refractivity contribution is 6.31. The lowest BCUT2D eigenvalue weighted by molar-refractivity contribution is 0.283. The van der Waals surface area contributed by atoms with Crippen LogP contribution < -0.4 is 16.0 Å². The Kier molecular flexibility index (Phi) is 9.78. The number of hydrogen-bond donors (Lipinski definition) is 4. The van der Waals surface area contributed by atoms with E-state index in [-0.39, 0.29) is 6.61 Å². The standard InChI is InChI=1S/C24H33ClN6O/c1-18-16-23(31-24(30-18)29-13-4-2-3-7-15-32)28-12-6-5-11-26-21-10-14-27-22-17-19(25)8-9-20(21)22/h8-10,14,16-17,32H,2-7,11-13,15H2,1H3,(H,26,27)(H2,28,29,30,31). The lowest BCUT2D eigenvalue weighted by Crippen LogP contribution is -2.11. The van der Waals surface area contributed by atoms with Gasteiger partial charge < -0.3 is 21.1 Å². The maximum Gasteiger partial charge on any atom is 0.224 e. The number of aliphatic hydroxyl groups is 1. The van der Waals surface area contributed by atoms with E-state index in [0.29, 0.717) is 11.0 Å². The molecule has 1 aromatic carbocycles. The second kappa shape index (κ2) is 13.0. The molecule has 0 radical (unpaired) electrons. The average molecular weight is 457 g/mol. The number of aromatic nitrogens is 3. The minimum atomic E-state index is 0.273. The fourth-order valence-corrected chi connectivity index (χ4v) is 3.66. The molecule has 0 bridgehead atoms. The number of benzene rings is 1. The van der Waals surface area contributed by atoms with Gasteiger partial charge in [-0.1, -0.05) is 24.4 Å². The molecule has 8 heteroatoms. The molecular weight excluding hydrogens is 424 g/mol. The van der Waals surface area contributed by atoms with Crippen LogP contribution in [-0.4, -0.2) is 46.3 Å². The van der Waals surface area contributed by atoms with Crippen LogP contribution in [0, 0.1) is 6.92 Å². The highest BCUT2D eigenvalue weighted by Gasteiger charge is 2.04. The molecule has 0 spiro atoms. The molecule has 0 aliphatic heterocycles. The minimum Gasteiger partial charge on any atom is -0.396 e. The molecule has 0 aliphatic rings. The minimum absolute atomic E-state index is 0.273. The summed E-state index contributed by atoms with van der Waals surface area (Å²) in [6.07, 6.45) is 7.94. The lowest BCUT2D eigenvalue weighted by atomic mass is 10.2. The summed E-state index contributed by atoms with van der Waals surface area (Å²) in [6.45, 7) is 4.83. The Morgan fingerprint density at radius 1 is 0.844 bits per heavy atom. The van der Waals surface area contributed by atoms with Crippen LogP contribution in [0.25, 0.3) is 10.9 Å². The maximum absolute atomic E-state index is 8.83. The largest absolute Gasteiger partial charge is 0.396 e. The van der Waals surface area contributed by atoms with E-state index in [2.05, 4.69) is 30.9 Å². The van der Waals surface area contributed by atoms with E-state index in [9.17, 15) is 0 Å². The number of unbranched alkanes of at least 4 members (excludes halogenated alkanes) is 4. The van der Waals surface area contributed by atoms with Gasteiger partial charge in [-0.25, -0.2) is 4.98 Å². The zero-order valence-electron chi connectivity index (χ0n) is 18.7. The molecule has 3 rings (SSSR count). The van der Waals surface area contributed by atoms with Crippen molar-refractivity contribution in [2.75, 3.05) is 42.2 Å². The summed E-state index contributed by atoms with van der Waals surface area (Å²) in [5, 5.41) is 20.8. The third kappa shape index (κ3) is 7.80. The van der Waals surface area contributed by atoms with Crippen molar-refractivity contribution in [2.45, 2.75) is 45.4 Å². The second-order valence-corrected chi connectivity index (χ2v) is 8.30. The predicted molar refractivity (Wildman–Crippen MR) is 134 cm³/mol. The first-order chi connectivity index (χ1) is 15.7. The predicted octanol–water partition coefficient (Wildman–Crippen LogP) is 5.26. The van der Waals surface area contributed by atoms with E-state index >= 15 is 0 Å². The van der Waals surface area contributed by atoms with Crippen LogP contribution >= 0.6 is 11.6 Å². The Balaban J connectivity index is 1.37. The number of anilines is 3. The highest BCUT2D eigenvalue weighted by atomic mass is 35.5. The first kappa shape index (κ1) is 24.0. The van der Waals surface area contributed by atoms with Crippen LogP contribution in [0.15, 0.2) is 36.5 Å². The zero-order valence-corrected chi connectivity index (χ0v) is 19.5. The van der Waals surface area contributed by atoms with Crippen molar-refractivity contribution < 1.29 is 5.11 Å². The molecule has 0 saturated heterocycles. The fourth-order valence-electron chi connectivity index (χ4n) is 3.49. The van der Waals surface area contributed by atoms with Crippen LogP contribution in [0.4, 0.5) is 17.5 Å². The number of fused-ring (bicyclic) bond motifs is 1. The summed E-state index contributed by atoms with van der Waals surface area (Å²) in [7, 11) is 0. The summed E-state index contributed by atoms with van der Waals surface area (Å²) in [5.41, 5.74) is 2.92. The molecule has 0 fully saturated rings. The number of nitrogens with zero attached hydrogens (tertiary/aromatic N) is 3. The molecule has 0 amide bonds. The van der Waals surface area contributed by atoms with Gasteiger partial charge in [0.25, 0.3) is 0 Å². The van der Waals surface area contributed by atoms with Crippen molar-refractivity contribution in [2.24, 2.45) is 0 Å². The Morgan fingerprint density at radius 3 is 2.44 bits per heavy atom. The van der Waals surface area contributed by atoms with E-state index < -0.39 is 0 Å². The summed E-state index contributed by atoms with van der Waals surface area (Å²) in [4.78, 5) is 13.4. The van der Waals surface area contributed by atoms with E-state index in [1.165, 1.54) is 0 Å². The van der Waals surface area contributed by atoms with Gasteiger partial charge in [-0.3, -0.25) is 4.98 Å². The van der Waals surface area contributed by atoms with Gasteiger partial charge in [0.1, 0.15) is 5.82 Å². The van der Waals surface area contributed by atoms with Gasteiger partial charge in [-0.2, -0.15) is 4.98 Å². The van der Waals surface area contributed by atoms with Crippen LogP contribution in [0.1, 0.15) is 44.2 Å². The van der Waals surface area contributed by atoms with Crippen LogP contribution in [0.2, 0.25) is 5.02 Å². The summed E-state index contributed by atoms with van der Waals surface area (Å²) in [6, 6.07) is 9.76. The normalized spacial score (nSPS) is 11.0. The van der Waals surface area contributed by atoms with Gasteiger partial charge in [0.15, 0.2) is 0 Å². The van der Waals surface area contributed by atoms with Crippen LogP contribution in [-0.2, 0) is 0 Å². The molecule has 0 saturated carbocycles. The summed E-state index contributed by atoms with van der Waals surface area (Å²) < 4.78 is 0. The molecule has 172 valence electrons. The smallest absolute Gasteiger partial charge is 0.224 e. The first-order valence-electron chi connectivity index (χ1n) is 11.4. The van der Waals surface area contributed by atoms with Crippen molar-refractivity contribution >= 4 is 40.0 Å². The summed E-state index contributed by atoms with van der Waals surface area (Å²) in [5.74, 6) is 1.52. The highest BCUT2D eigenvalue weighted by Crippen LogP contribution is 2.24. The Bertz CT molecular complexity index is 984. The number of pyridine rings is 1. The third-order valence-corrected chi connectivity index (χ3v) is 5.39. The molecule has 2 heterocycles. The number of hydrogen-bond acceptors (Lipinski definition) is 7. The van der Waals surface area contributed by atoms with Gasteiger partial charge in [-0.15, -0.1) is 0 Å². The van der Waals surface area contributed by atoms with Crippen molar-refractivity contribution in [1.29, 1.82) is 0 Å². The average Bonchev–Trinajstić information content (AvgIpc) is 2.78. The van der Waals surface area contributed by atoms with E-state index in [4.69, 9.17) is 16.7 Å². The van der Waals surface area contributed by atoms with Crippen molar-refractivity contribution in [3.63, 3.8) is 0 Å². The van der Waals surface area contributed by atoms with E-state index in [1.807, 2.05) is 37.3 Å². The molecule has 0 aliphatic carbocycles. The zero-order chi connectivity index (χ0) is 22.6. The monoisotopic (exact) mass is 456 g/mol. The maximum atomic E-state index is 8.83. The third-order valence-electron chi connectivity index (χ3n) is 5.15.